The summed E-state index contributed by atoms with van der Waals surface area (Å²) < 4.78 is 4.77. The van der Waals surface area contributed by atoms with E-state index in [0.717, 1.165) is 9.88 Å². The van der Waals surface area contributed by atoms with Crippen molar-refractivity contribution >= 4 is 40.2 Å². The molecule has 1 aromatic carbocycles. The number of benzene rings is 1. The van der Waals surface area contributed by atoms with Crippen LogP contribution in [0.2, 0.25) is 0 Å². The van der Waals surface area contributed by atoms with Crippen molar-refractivity contribution in [3.8, 4) is 9.88 Å². The highest BCUT2D eigenvalue weighted by atomic mass is 32.1. The third kappa shape index (κ3) is 3.47. The number of aryl methyl sites for hydroxylation is 1. The van der Waals surface area contributed by atoms with Gasteiger partial charge in [-0.2, -0.15) is 0 Å². The molecule has 5 nitrogen and oxygen atoms in total. The molecule has 0 fully saturated rings. The number of amides is 1. The molecule has 3 aromatic rings. The molecule has 0 unspecified atom stereocenters. The van der Waals surface area contributed by atoms with Gasteiger partial charge in [-0.3, -0.25) is 4.79 Å². The average Bonchev–Trinajstić information content (AvgIpc) is 3.25. The Morgan fingerprint density at radius 2 is 1.96 bits per heavy atom. The van der Waals surface area contributed by atoms with Crippen molar-refractivity contribution < 1.29 is 14.3 Å². The van der Waals surface area contributed by atoms with E-state index in [1.807, 2.05) is 24.4 Å². The third-order valence-electron chi connectivity index (χ3n) is 3.72. The molecule has 2 heterocycles. The Bertz CT molecular complexity index is 930. The number of hydrogen-bond donors (Lipinski definition) is 1. The molecule has 128 valence electrons. The quantitative estimate of drug-likeness (QED) is 0.683. The number of ether oxygens (including phenoxy) is 1. The average molecular weight is 372 g/mol. The van der Waals surface area contributed by atoms with Crippen molar-refractivity contribution in [2.75, 3.05) is 12.4 Å². The van der Waals surface area contributed by atoms with Crippen LogP contribution in [-0.2, 0) is 4.74 Å². The first-order valence-corrected chi connectivity index (χ1v) is 9.21. The number of nitrogens with zero attached hydrogens (tertiary/aromatic N) is 1. The summed E-state index contributed by atoms with van der Waals surface area (Å²) in [6.45, 7) is 3.60. The summed E-state index contributed by atoms with van der Waals surface area (Å²) in [6.07, 6.45) is 0. The molecule has 0 bridgehead atoms. The third-order valence-corrected chi connectivity index (χ3v) is 5.92. The van der Waals surface area contributed by atoms with Crippen LogP contribution in [0, 0.1) is 13.8 Å². The van der Waals surface area contributed by atoms with Crippen LogP contribution in [0.15, 0.2) is 35.7 Å². The molecule has 0 saturated heterocycles. The molecule has 0 radical (unpaired) electrons. The summed E-state index contributed by atoms with van der Waals surface area (Å²) >= 11 is 2.95. The summed E-state index contributed by atoms with van der Waals surface area (Å²) in [6, 6.07) is 9.08. The van der Waals surface area contributed by atoms with Crippen LogP contribution in [0.1, 0.15) is 31.3 Å². The van der Waals surface area contributed by atoms with Gasteiger partial charge in [-0.15, -0.1) is 22.7 Å². The molecule has 1 amide bonds. The van der Waals surface area contributed by atoms with Crippen LogP contribution < -0.4 is 5.32 Å². The summed E-state index contributed by atoms with van der Waals surface area (Å²) in [5.74, 6) is -0.662. The molecule has 0 aliphatic carbocycles. The number of carbonyl (C=O) groups excluding carboxylic acids is 2. The number of nitrogens with one attached hydrogen (secondary N) is 1. The van der Waals surface area contributed by atoms with Crippen LogP contribution >= 0.6 is 22.7 Å². The molecule has 0 aliphatic rings. The van der Waals surface area contributed by atoms with E-state index in [1.165, 1.54) is 18.4 Å². The van der Waals surface area contributed by atoms with Gasteiger partial charge >= 0.3 is 5.97 Å². The lowest BCUT2D eigenvalue weighted by atomic mass is 10.1. The summed E-state index contributed by atoms with van der Waals surface area (Å²) in [4.78, 5) is 30.5. The van der Waals surface area contributed by atoms with Crippen molar-refractivity contribution in [3.05, 3.63) is 57.4 Å². The first-order valence-electron chi connectivity index (χ1n) is 7.52. The maximum atomic E-state index is 12.7. The second-order valence-corrected chi connectivity index (χ2v) is 7.28. The van der Waals surface area contributed by atoms with E-state index >= 15 is 0 Å². The topological polar surface area (TPSA) is 68.3 Å². The normalized spacial score (nSPS) is 10.5. The van der Waals surface area contributed by atoms with Crippen LogP contribution in [0.3, 0.4) is 0 Å². The Morgan fingerprint density at radius 3 is 2.64 bits per heavy atom. The van der Waals surface area contributed by atoms with Crippen LogP contribution in [0.5, 0.6) is 0 Å². The van der Waals surface area contributed by atoms with Gasteiger partial charge in [0.25, 0.3) is 5.91 Å². The predicted octanol–water partition coefficient (Wildman–Crippen LogP) is 4.53. The van der Waals surface area contributed by atoms with Crippen LogP contribution in [0.25, 0.3) is 9.88 Å². The van der Waals surface area contributed by atoms with E-state index in [2.05, 4.69) is 10.3 Å². The Labute approximate surface area is 153 Å². The van der Waals surface area contributed by atoms with Gasteiger partial charge in [0.05, 0.1) is 23.2 Å². The molecular formula is C18H16N2O3S2. The van der Waals surface area contributed by atoms with Crippen molar-refractivity contribution in [2.24, 2.45) is 0 Å². The van der Waals surface area contributed by atoms with E-state index in [0.29, 0.717) is 27.4 Å². The summed E-state index contributed by atoms with van der Waals surface area (Å²) in [5, 5.41) is 5.68. The van der Waals surface area contributed by atoms with Gasteiger partial charge in [-0.1, -0.05) is 12.1 Å². The van der Waals surface area contributed by atoms with Crippen molar-refractivity contribution in [2.45, 2.75) is 13.8 Å². The molecule has 2 aromatic heterocycles. The zero-order valence-electron chi connectivity index (χ0n) is 14.0. The van der Waals surface area contributed by atoms with Crippen molar-refractivity contribution in [1.82, 2.24) is 4.98 Å². The second-order valence-electron chi connectivity index (χ2n) is 5.33. The predicted molar refractivity (Wildman–Crippen MR) is 101 cm³/mol. The van der Waals surface area contributed by atoms with Crippen LogP contribution in [0.4, 0.5) is 5.69 Å². The number of thiazole rings is 1. The highest BCUT2D eigenvalue weighted by Crippen LogP contribution is 2.31. The fourth-order valence-electron chi connectivity index (χ4n) is 2.39. The smallest absolute Gasteiger partial charge is 0.338 e. The number of hydrogen-bond acceptors (Lipinski definition) is 6. The first kappa shape index (κ1) is 17.3. The number of rotatable bonds is 4. The first-order chi connectivity index (χ1) is 12.0. The molecule has 0 aliphatic heterocycles. The fourth-order valence-corrected chi connectivity index (χ4v) is 4.15. The molecule has 7 heteroatoms. The monoisotopic (exact) mass is 372 g/mol. The van der Waals surface area contributed by atoms with Crippen molar-refractivity contribution in [1.29, 1.82) is 0 Å². The van der Waals surface area contributed by atoms with E-state index in [-0.39, 0.29) is 5.91 Å². The highest BCUT2D eigenvalue weighted by molar-refractivity contribution is 7.22. The SMILES string of the molecule is COC(=O)c1cccc(NC(=O)c2sc(-c3cccs3)nc2C)c1C. The largest absolute Gasteiger partial charge is 0.465 e. The lowest BCUT2D eigenvalue weighted by Crippen LogP contribution is -2.14. The van der Waals surface area contributed by atoms with Gasteiger partial charge in [-0.25, -0.2) is 9.78 Å². The van der Waals surface area contributed by atoms with E-state index in [1.54, 1.807) is 36.5 Å². The Balaban J connectivity index is 1.87. The number of carbonyl (C=O) groups is 2. The summed E-state index contributed by atoms with van der Waals surface area (Å²) in [7, 11) is 1.33. The lowest BCUT2D eigenvalue weighted by molar-refractivity contribution is 0.0599. The van der Waals surface area contributed by atoms with Gasteiger partial charge in [0.2, 0.25) is 0 Å². The summed E-state index contributed by atoms with van der Waals surface area (Å²) in [5.41, 5.74) is 2.37. The zero-order chi connectivity index (χ0) is 18.0. The number of methoxy groups -OCH3 is 1. The van der Waals surface area contributed by atoms with Gasteiger partial charge < -0.3 is 10.1 Å². The Hall–Kier alpha value is -2.51. The number of esters is 1. The minimum Gasteiger partial charge on any atom is -0.465 e. The van der Waals surface area contributed by atoms with Crippen molar-refractivity contribution in [3.63, 3.8) is 0 Å². The number of aromatic nitrogens is 1. The van der Waals surface area contributed by atoms with Gasteiger partial charge in [0, 0.05) is 5.69 Å². The molecule has 0 saturated carbocycles. The van der Waals surface area contributed by atoms with E-state index < -0.39 is 5.97 Å². The molecule has 1 N–H and O–H groups in total. The number of anilines is 1. The van der Waals surface area contributed by atoms with Gasteiger partial charge in [0.1, 0.15) is 9.88 Å². The van der Waals surface area contributed by atoms with Gasteiger partial charge in [0.15, 0.2) is 0 Å². The molecular weight excluding hydrogens is 356 g/mol. The Morgan fingerprint density at radius 1 is 1.16 bits per heavy atom. The lowest BCUT2D eigenvalue weighted by Gasteiger charge is -2.10. The van der Waals surface area contributed by atoms with E-state index in [4.69, 9.17) is 4.74 Å². The molecule has 0 atom stereocenters. The minimum atomic E-state index is -0.428. The highest BCUT2D eigenvalue weighted by Gasteiger charge is 2.19. The zero-order valence-corrected chi connectivity index (χ0v) is 15.6. The molecule has 0 spiro atoms. The standard InChI is InChI=1S/C18H16N2O3S2/c1-10-12(18(22)23-3)6-4-7-13(10)20-16(21)15-11(2)19-17(25-15)14-8-5-9-24-14/h4-9H,1-3H3,(H,20,21). The number of thiophene rings is 1. The molecule has 25 heavy (non-hydrogen) atoms. The van der Waals surface area contributed by atoms with Gasteiger partial charge in [-0.05, 0) is 43.0 Å². The fraction of sp³-hybridized carbons (Fsp3) is 0.167. The van der Waals surface area contributed by atoms with E-state index in [9.17, 15) is 9.59 Å². The van der Waals surface area contributed by atoms with Crippen LogP contribution in [-0.4, -0.2) is 24.0 Å². The maximum Gasteiger partial charge on any atom is 0.338 e. The minimum absolute atomic E-state index is 0.233. The second kappa shape index (κ2) is 7.16. The maximum absolute atomic E-state index is 12.7. The Kier molecular flexibility index (Phi) is 4.96. The molecule has 3 rings (SSSR count).